The van der Waals surface area contributed by atoms with E-state index in [-0.39, 0.29) is 123 Å². The first-order chi connectivity index (χ1) is 57.6. The van der Waals surface area contributed by atoms with E-state index in [1.807, 2.05) is 170 Å². The fourth-order valence-electron chi connectivity index (χ4n) is 19.9. The van der Waals surface area contributed by atoms with Gasteiger partial charge in [0, 0.05) is 61.6 Å². The number of alkyl carbamates (subject to hydrolysis) is 3. The van der Waals surface area contributed by atoms with E-state index < -0.39 is 100 Å². The first-order valence-corrected chi connectivity index (χ1v) is 44.4. The van der Waals surface area contributed by atoms with Crippen molar-refractivity contribution in [2.45, 2.75) is 304 Å². The average Bonchev–Trinajstić information content (AvgIpc) is 1.60. The van der Waals surface area contributed by atoms with Gasteiger partial charge in [0.05, 0.1) is 52.7 Å². The van der Waals surface area contributed by atoms with Crippen molar-refractivity contribution in [2.24, 2.45) is 63.6 Å². The van der Waals surface area contributed by atoms with Gasteiger partial charge in [-0.05, 0) is 204 Å². The van der Waals surface area contributed by atoms with Crippen molar-refractivity contribution in [3.05, 3.63) is 89.9 Å². The van der Waals surface area contributed by atoms with Gasteiger partial charge in [0.15, 0.2) is 0 Å². The minimum absolute atomic E-state index is 0. The molecule has 20 atom stereocenters. The molecule has 16 rings (SSSR count). The number of hydrogen-bond donors (Lipinski definition) is 3. The van der Waals surface area contributed by atoms with E-state index in [1.165, 1.54) is 21.1 Å². The summed E-state index contributed by atoms with van der Waals surface area (Å²) in [4.78, 5) is 152. The molecule has 6 aliphatic heterocycles. The van der Waals surface area contributed by atoms with Crippen LogP contribution in [0.2, 0.25) is 0 Å². The normalized spacial score (nSPS) is 31.9. The molecule has 667 valence electrons. The van der Waals surface area contributed by atoms with E-state index in [0.29, 0.717) is 54.2 Å². The van der Waals surface area contributed by atoms with Gasteiger partial charge in [0.1, 0.15) is 70.8 Å². The molecule has 27 nitrogen and oxygen atoms in total. The van der Waals surface area contributed by atoms with Gasteiger partial charge < -0.3 is 73.5 Å². The molecular weight excluding hydrogens is 1690 g/mol. The Morgan fingerprint density at radius 3 is 1.08 bits per heavy atom. The van der Waals surface area contributed by atoms with Crippen LogP contribution in [0.25, 0.3) is 33.1 Å². The molecule has 3 radical (unpaired) electrons. The van der Waals surface area contributed by atoms with Crippen molar-refractivity contribution in [1.82, 2.24) is 60.6 Å². The van der Waals surface area contributed by atoms with Crippen LogP contribution in [0.4, 0.5) is 14.4 Å². The second kappa shape index (κ2) is 40.2. The Hall–Kier alpha value is -7.94. The molecule has 30 heteroatoms. The predicted molar refractivity (Wildman–Crippen MR) is 454 cm³/mol. The zero-order chi connectivity index (χ0) is 86.2. The molecule has 6 bridgehead atoms. The van der Waals surface area contributed by atoms with Gasteiger partial charge in [-0.25, -0.2) is 63.1 Å². The monoisotopic (exact) mass is 1810 g/mol. The molecule has 9 heterocycles. The molecule has 4 saturated carbocycles. The summed E-state index contributed by atoms with van der Waals surface area (Å²) < 4.78 is 37.3. The Bertz CT molecular complexity index is 4740. The van der Waals surface area contributed by atoms with Crippen LogP contribution < -0.4 is 30.2 Å². The number of aryl methyl sites for hydroxylation is 3. The van der Waals surface area contributed by atoms with E-state index in [0.717, 1.165) is 166 Å². The maximum atomic E-state index is 14.0. The summed E-state index contributed by atoms with van der Waals surface area (Å²) in [6.45, 7) is 27.2. The molecule has 6 aromatic rings. The number of para-hydroxylation sites is 6. The molecule has 10 aliphatic rings. The first-order valence-electron chi connectivity index (χ1n) is 44.4. The molecule has 3 N–H and O–H groups in total. The predicted octanol–water partition coefficient (Wildman–Crippen LogP) is 14.1. The summed E-state index contributed by atoms with van der Waals surface area (Å²) in [5.74, 6) is 1.58. The number of carbonyl (C=O) groups is 6. The molecule has 7 fully saturated rings. The van der Waals surface area contributed by atoms with Crippen molar-refractivity contribution in [1.29, 1.82) is 0 Å². The van der Waals surface area contributed by atoms with Crippen LogP contribution >= 0.6 is 0 Å². The number of nitrogens with one attached hydrogen (secondary N) is 3. The minimum Gasteiger partial charge on any atom is -0.540 e. The second-order valence-corrected chi connectivity index (χ2v) is 39.6. The zero-order valence-electron chi connectivity index (χ0n) is 74.3. The summed E-state index contributed by atoms with van der Waals surface area (Å²) in [5.41, 5.74) is 4.11. The van der Waals surface area contributed by atoms with E-state index in [1.54, 1.807) is 0 Å². The topological polar surface area (TPSA) is 332 Å². The zero-order valence-corrected chi connectivity index (χ0v) is 78.5. The van der Waals surface area contributed by atoms with Gasteiger partial charge in [0.2, 0.25) is 35.4 Å². The Balaban J connectivity index is 0.000000179. The van der Waals surface area contributed by atoms with Crippen molar-refractivity contribution in [3.63, 3.8) is 0 Å². The summed E-state index contributed by atoms with van der Waals surface area (Å²) in [7, 11) is 0. The molecular formula is C94H123N12O15V3-3. The molecule has 3 saturated heterocycles. The summed E-state index contributed by atoms with van der Waals surface area (Å²) in [5, 5.41) is 8.59. The molecule has 3 aromatic heterocycles. The Morgan fingerprint density at radius 2 is 0.718 bits per heavy atom. The summed E-state index contributed by atoms with van der Waals surface area (Å²) >= 11 is 0. The smallest absolute Gasteiger partial charge is 0.408 e. The summed E-state index contributed by atoms with van der Waals surface area (Å²) in [6, 6.07) is 18.1. The van der Waals surface area contributed by atoms with Crippen LogP contribution in [0.15, 0.2) is 72.8 Å². The number of fused-ring (bicyclic) bond motifs is 17. The third-order valence-electron chi connectivity index (χ3n) is 27.6. The Morgan fingerprint density at radius 1 is 0.387 bits per heavy atom. The quantitative estimate of drug-likeness (QED) is 0.109. The second-order valence-electron chi connectivity index (χ2n) is 39.6. The van der Waals surface area contributed by atoms with E-state index in [9.17, 15) is 43.2 Å². The third-order valence-corrected chi connectivity index (χ3v) is 27.6. The molecule has 2 unspecified atom stereocenters. The first kappa shape index (κ1) is 96.7. The SMILES string of the molecule is C[C@@H]1[C@@H]2CN(C(=O)[C@H](C(C)(C)C)NC(=O)O[C@@H]3CC4CC4[C@H]3CCCCCc3nc4ccccc4nc3O2)[C@@H]1[C-]=O.C[C@@H]1[C@@H]2CN(C(=O)[C@H](C(C)(C)C)NC(=O)O[C@]3(C)CCC[C@H]3CCCCCc3nc4ccccc4nc3O2)[C@@H]1[C-]=O.C[C@@H]1[C@@H]2CN(C(=O)[C@H](C(C)(C)C)NC(=O)O[C@]3(C)C[C@H]3CCCCCc3nc4ccccc4nc3O2)[C@@H]1[C-]=O.[V].[V].[V]. The van der Waals surface area contributed by atoms with Crippen LogP contribution in [-0.4, -0.2) is 191 Å². The number of hydrogen-bond acceptors (Lipinski definition) is 21. The third kappa shape index (κ3) is 21.7. The standard InChI is InChI=1S/C32H41N4O5.C32H43N4O5.C30H39N4O5.3V/c1-18-25(17-37)36-16-27(18)40-29-24(33-22-11-8-9-12-23(22)34-29)13-7-5-6-10-20-21-14-19(21)15-26(20)41-31(39)35-28(30(36)38)32(2,3)4;1-20-25(19-37)36-18-26(20)40-28-24(33-22-14-9-10-15-23(22)34-28)16-8-6-7-12-21-13-11-17-32(21,5)41-30(39)35-27(29(36)38)31(2,3)4;1-18-23(17-35)34-16-24(18)38-26-22(31-20-12-9-10-13-21(20)32-26)14-8-6-7-11-19-15-30(19,5)39-28(37)33-25(27(34)36)29(2,3)4;;;/h8-9,11-12,18-21,25-28H,5-7,10,13-16H2,1-4H3,(H,35,39);9-10,14-15,20-21,25-27H,6-8,11-13,16-18H2,1-5H3,(H,35,39);9-10,12-13,18-19,23-25H,6-8,11,14-16H2,1-5H3,(H,33,37);;;/q3*-1;;;/t18-,19?,20+,21?,25+,26+,27-,28+;20-,21+,25+,26-,27+,32+;18-,19+,23+,24-,25+,30+;;;/m000.../s1. The van der Waals surface area contributed by atoms with Gasteiger partial charge in [-0.2, -0.15) is 0 Å². The van der Waals surface area contributed by atoms with Crippen molar-refractivity contribution in [2.75, 3.05) is 19.6 Å². The molecule has 124 heavy (non-hydrogen) atoms. The minimum atomic E-state index is -0.893. The van der Waals surface area contributed by atoms with E-state index in [2.05, 4.69) is 34.8 Å². The van der Waals surface area contributed by atoms with E-state index >= 15 is 0 Å². The van der Waals surface area contributed by atoms with Crippen LogP contribution in [0.1, 0.15) is 230 Å². The number of rotatable bonds is 3. The van der Waals surface area contributed by atoms with E-state index in [4.69, 9.17) is 58.3 Å². The molecule has 0 spiro atoms. The van der Waals surface area contributed by atoms with Crippen molar-refractivity contribution < 1.29 is 127 Å². The largest absolute Gasteiger partial charge is 0.540 e. The van der Waals surface area contributed by atoms with Crippen LogP contribution in [-0.2, 0) is 118 Å². The van der Waals surface area contributed by atoms with Gasteiger partial charge in [-0.1, -0.05) is 176 Å². The maximum Gasteiger partial charge on any atom is 0.408 e. The number of aromatic nitrogens is 6. The number of amides is 6. The van der Waals surface area contributed by atoms with Gasteiger partial charge >= 0.3 is 18.3 Å². The molecule has 4 aliphatic carbocycles. The number of benzene rings is 3. The number of nitrogens with zero attached hydrogens (tertiary/aromatic N) is 9. The van der Waals surface area contributed by atoms with Crippen LogP contribution in [0, 0.1) is 63.6 Å². The van der Waals surface area contributed by atoms with Gasteiger partial charge in [-0.3, -0.25) is 14.4 Å². The fraction of sp³-hybridized carbons (Fsp3) is 0.649. The fourth-order valence-corrected chi connectivity index (χ4v) is 19.9. The Labute approximate surface area is 764 Å². The molecule has 3 aromatic carbocycles. The van der Waals surface area contributed by atoms with Crippen LogP contribution in [0.5, 0.6) is 17.6 Å². The van der Waals surface area contributed by atoms with Crippen molar-refractivity contribution in [3.8, 4) is 17.6 Å². The summed E-state index contributed by atoms with van der Waals surface area (Å²) in [6.07, 6.45) is 22.8. The maximum absolute atomic E-state index is 14.0. The van der Waals surface area contributed by atoms with Gasteiger partial charge in [-0.15, -0.1) is 0 Å². The average molecular weight is 1810 g/mol. The van der Waals surface area contributed by atoms with Gasteiger partial charge in [0.25, 0.3) is 0 Å². The number of ether oxygens (including phenoxy) is 6. The molecule has 6 amide bonds. The number of carbonyl (C=O) groups excluding carboxylic acids is 9. The van der Waals surface area contributed by atoms with Crippen LogP contribution in [0.3, 0.4) is 0 Å². The Kier molecular flexibility index (Phi) is 31.3. The van der Waals surface area contributed by atoms with Crippen molar-refractivity contribution >= 4 is 88.0 Å².